The molecule has 3 aromatic rings. The summed E-state index contributed by atoms with van der Waals surface area (Å²) >= 11 is 0. The van der Waals surface area contributed by atoms with Gasteiger partial charge in [0, 0.05) is 44.7 Å². The maximum atomic E-state index is 14.0. The van der Waals surface area contributed by atoms with Gasteiger partial charge in [0.05, 0.1) is 4.91 Å². The minimum atomic E-state index is -2.91. The number of hydrogen-bond donors (Lipinski definition) is 1. The van der Waals surface area contributed by atoms with Gasteiger partial charge in [-0.1, -0.05) is 80.6 Å². The Kier molecular flexibility index (Phi) is 14.9. The SMILES string of the molecule is C=C.CC.CC1=CCCC=C1S(=O)N(Cc1ccc(-c2ccc3c(c2)C(=O)CC3)cc1)Cc1ccc(C(C)(F)F)c(C)c1.CO. The van der Waals surface area contributed by atoms with Crippen LogP contribution < -0.4 is 0 Å². The van der Waals surface area contributed by atoms with Gasteiger partial charge in [0.15, 0.2) is 5.78 Å². The fourth-order valence-corrected chi connectivity index (χ4v) is 6.87. The number of allylic oxidation sites excluding steroid dienone is 3. The summed E-state index contributed by atoms with van der Waals surface area (Å²) in [6.07, 6.45) is 7.35. The first-order valence-corrected chi connectivity index (χ1v) is 16.4. The van der Waals surface area contributed by atoms with Gasteiger partial charge < -0.3 is 5.11 Å². The number of Topliss-reactive ketones (excluding diaryl/α,β-unsaturated/α-hetero) is 1. The van der Waals surface area contributed by atoms with Crippen molar-refractivity contribution in [3.63, 3.8) is 0 Å². The molecule has 0 spiro atoms. The minimum absolute atomic E-state index is 0.0107. The van der Waals surface area contributed by atoms with Crippen LogP contribution >= 0.6 is 0 Å². The largest absolute Gasteiger partial charge is 0.400 e. The van der Waals surface area contributed by atoms with Crippen LogP contribution in [0.15, 0.2) is 96.5 Å². The van der Waals surface area contributed by atoms with Crippen molar-refractivity contribution in [2.75, 3.05) is 7.11 Å². The summed E-state index contributed by atoms with van der Waals surface area (Å²) in [5.74, 6) is -2.71. The highest BCUT2D eigenvalue weighted by Gasteiger charge is 2.27. The molecule has 1 atom stereocenters. The highest BCUT2D eigenvalue weighted by molar-refractivity contribution is 7.86. The highest BCUT2D eigenvalue weighted by Crippen LogP contribution is 2.32. The summed E-state index contributed by atoms with van der Waals surface area (Å²) in [5, 5.41) is 7.00. The van der Waals surface area contributed by atoms with E-state index in [9.17, 15) is 17.8 Å². The summed E-state index contributed by atoms with van der Waals surface area (Å²) in [7, 11) is -0.409. The predicted molar refractivity (Wildman–Crippen MR) is 184 cm³/mol. The second kappa shape index (κ2) is 17.8. The summed E-state index contributed by atoms with van der Waals surface area (Å²) in [4.78, 5) is 13.0. The average Bonchev–Trinajstić information content (AvgIpc) is 3.43. The van der Waals surface area contributed by atoms with Gasteiger partial charge in [0.2, 0.25) is 0 Å². The van der Waals surface area contributed by atoms with Crippen LogP contribution in [-0.4, -0.2) is 26.5 Å². The minimum Gasteiger partial charge on any atom is -0.400 e. The fraction of sp³-hybridized carbons (Fsp3) is 0.342. The third-order valence-electron chi connectivity index (χ3n) is 7.56. The molecule has 0 aliphatic heterocycles. The standard InChI is InChI=1S/C33H33F2NO2S.C2H6.C2H4.CH4O/c1-22-6-4-5-7-32(22)39(38)36(21-25-10-16-30(23(2)18-25)33(3,34)35)20-24-8-11-26(12-9-24)28-14-13-27-15-17-31(37)29(27)19-28;3*1-2/h6-14,16,18-19H,4-5,15,17,20-21H2,1-3H3;1-2H3;1-2H2;2H,1H3. The van der Waals surface area contributed by atoms with Crippen molar-refractivity contribution in [3.8, 4) is 11.1 Å². The number of aliphatic hydroxyl groups is 1. The first-order valence-electron chi connectivity index (χ1n) is 15.3. The molecule has 2 aliphatic carbocycles. The van der Waals surface area contributed by atoms with Gasteiger partial charge in [0.25, 0.3) is 5.92 Å². The quantitative estimate of drug-likeness (QED) is 0.251. The molecule has 0 radical (unpaired) electrons. The van der Waals surface area contributed by atoms with Crippen molar-refractivity contribution >= 4 is 16.8 Å². The Balaban J connectivity index is 0.00000111. The van der Waals surface area contributed by atoms with Crippen molar-refractivity contribution in [2.45, 2.75) is 79.3 Å². The number of aliphatic hydroxyl groups excluding tert-OH is 1. The van der Waals surface area contributed by atoms with E-state index in [2.05, 4.69) is 25.3 Å². The lowest BCUT2D eigenvalue weighted by atomic mass is 9.99. The topological polar surface area (TPSA) is 57.6 Å². The van der Waals surface area contributed by atoms with Gasteiger partial charge in [0.1, 0.15) is 11.0 Å². The Morgan fingerprint density at radius 1 is 0.844 bits per heavy atom. The molecule has 2 aliphatic rings. The van der Waals surface area contributed by atoms with Crippen molar-refractivity contribution in [2.24, 2.45) is 0 Å². The molecule has 0 fully saturated rings. The van der Waals surface area contributed by atoms with Gasteiger partial charge in [-0.25, -0.2) is 17.3 Å². The van der Waals surface area contributed by atoms with Gasteiger partial charge in [-0.05, 0) is 78.1 Å². The van der Waals surface area contributed by atoms with E-state index in [0.29, 0.717) is 25.1 Å². The molecular weight excluding hydrogens is 588 g/mol. The summed E-state index contributed by atoms with van der Waals surface area (Å²) in [5.41, 5.74) is 7.36. The monoisotopic (exact) mass is 635 g/mol. The van der Waals surface area contributed by atoms with E-state index < -0.39 is 16.9 Å². The lowest BCUT2D eigenvalue weighted by Gasteiger charge is -2.25. The number of benzene rings is 3. The van der Waals surface area contributed by atoms with Gasteiger partial charge >= 0.3 is 0 Å². The molecule has 0 aromatic heterocycles. The van der Waals surface area contributed by atoms with Crippen molar-refractivity contribution in [3.05, 3.63) is 130 Å². The first kappa shape index (κ1) is 37.7. The van der Waals surface area contributed by atoms with Gasteiger partial charge in [-0.2, -0.15) is 0 Å². The van der Waals surface area contributed by atoms with Crippen molar-refractivity contribution in [1.82, 2.24) is 4.31 Å². The third kappa shape index (κ3) is 9.73. The zero-order valence-electron chi connectivity index (χ0n) is 27.5. The summed E-state index contributed by atoms with van der Waals surface area (Å²) < 4.78 is 43.7. The van der Waals surface area contributed by atoms with E-state index >= 15 is 0 Å². The van der Waals surface area contributed by atoms with E-state index in [1.807, 2.05) is 67.6 Å². The van der Waals surface area contributed by atoms with Crippen molar-refractivity contribution in [1.29, 1.82) is 0 Å². The molecule has 0 saturated carbocycles. The smallest absolute Gasteiger partial charge is 0.270 e. The number of ketones is 1. The molecule has 3 aromatic carbocycles. The van der Waals surface area contributed by atoms with E-state index in [-0.39, 0.29) is 11.3 Å². The van der Waals surface area contributed by atoms with Gasteiger partial charge in [-0.15, -0.1) is 13.2 Å². The number of carbonyl (C=O) groups is 1. The Labute approximate surface area is 270 Å². The number of aryl methyl sites for hydroxylation is 2. The molecule has 4 nitrogen and oxygen atoms in total. The van der Waals surface area contributed by atoms with Crippen LogP contribution in [-0.2, 0) is 36.4 Å². The van der Waals surface area contributed by atoms with Crippen LogP contribution in [0, 0.1) is 6.92 Å². The highest BCUT2D eigenvalue weighted by atomic mass is 32.2. The molecule has 0 saturated heterocycles. The van der Waals surface area contributed by atoms with Crippen LogP contribution in [0.25, 0.3) is 11.1 Å². The zero-order valence-corrected chi connectivity index (χ0v) is 28.3. The van der Waals surface area contributed by atoms with Crippen LogP contribution in [0.1, 0.15) is 85.1 Å². The summed E-state index contributed by atoms with van der Waals surface area (Å²) in [6.45, 7) is 15.4. The maximum Gasteiger partial charge on any atom is 0.270 e. The molecule has 0 bridgehead atoms. The zero-order chi connectivity index (χ0) is 33.7. The Morgan fingerprint density at radius 3 is 2.02 bits per heavy atom. The first-order chi connectivity index (χ1) is 21.6. The molecule has 242 valence electrons. The molecule has 7 heteroatoms. The van der Waals surface area contributed by atoms with Gasteiger partial charge in [-0.3, -0.25) is 4.79 Å². The number of carbonyl (C=O) groups excluding carboxylic acids is 1. The van der Waals surface area contributed by atoms with E-state index in [4.69, 9.17) is 5.11 Å². The van der Waals surface area contributed by atoms with Crippen LogP contribution in [0.3, 0.4) is 0 Å². The van der Waals surface area contributed by atoms with Crippen LogP contribution in [0.2, 0.25) is 0 Å². The maximum absolute atomic E-state index is 14.0. The molecule has 1 N–H and O–H groups in total. The van der Waals surface area contributed by atoms with Crippen molar-refractivity contribution < 1.29 is 22.9 Å². The average molecular weight is 636 g/mol. The number of alkyl halides is 2. The van der Waals surface area contributed by atoms with Crippen LogP contribution in [0.5, 0.6) is 0 Å². The van der Waals surface area contributed by atoms with E-state index in [1.54, 1.807) is 19.1 Å². The lowest BCUT2D eigenvalue weighted by Crippen LogP contribution is -2.27. The second-order valence-electron chi connectivity index (χ2n) is 10.6. The lowest BCUT2D eigenvalue weighted by molar-refractivity contribution is 0.0168. The molecule has 0 heterocycles. The number of halogens is 2. The number of fused-ring (bicyclic) bond motifs is 1. The summed E-state index contributed by atoms with van der Waals surface area (Å²) in [6, 6.07) is 19.2. The van der Waals surface area contributed by atoms with Crippen LogP contribution in [0.4, 0.5) is 8.78 Å². The Hall–Kier alpha value is -3.52. The van der Waals surface area contributed by atoms with E-state index in [1.165, 1.54) is 6.07 Å². The Bertz CT molecular complexity index is 1520. The third-order valence-corrected chi connectivity index (χ3v) is 9.15. The molecule has 0 amide bonds. The molecular formula is C38H47F2NO3S. The Morgan fingerprint density at radius 2 is 1.42 bits per heavy atom. The number of nitrogens with zero attached hydrogens (tertiary/aromatic N) is 1. The molecule has 45 heavy (non-hydrogen) atoms. The normalized spacial score (nSPS) is 14.4. The predicted octanol–water partition coefficient (Wildman–Crippen LogP) is 9.63. The van der Waals surface area contributed by atoms with E-state index in [0.717, 1.165) is 77.2 Å². The fourth-order valence-electron chi connectivity index (χ4n) is 5.44. The number of hydrogen-bond acceptors (Lipinski definition) is 3. The number of rotatable bonds is 8. The molecule has 5 rings (SSSR count). The second-order valence-corrected chi connectivity index (χ2v) is 12.1. The molecule has 1 unspecified atom stereocenters.